The van der Waals surface area contributed by atoms with Crippen LogP contribution in [0.3, 0.4) is 0 Å². The molecule has 0 radical (unpaired) electrons. The molecule has 22 heavy (non-hydrogen) atoms. The standard InChI is InChI=1S/C16H22Cl2N2O2/c17-12-5-2-7-14(16(12)18)22-9-3-8-15(21)20-13-6-1-4-11(13)10-19/h2,5,7,11,13H,1,3-4,6,8-10,19H2,(H,20,21). The minimum Gasteiger partial charge on any atom is -0.492 e. The van der Waals surface area contributed by atoms with Crippen LogP contribution in [-0.2, 0) is 4.79 Å². The van der Waals surface area contributed by atoms with E-state index in [4.69, 9.17) is 33.7 Å². The Kier molecular flexibility index (Phi) is 6.80. The van der Waals surface area contributed by atoms with Crippen molar-refractivity contribution in [2.45, 2.75) is 38.1 Å². The quantitative estimate of drug-likeness (QED) is 0.745. The molecule has 6 heteroatoms. The molecule has 1 aliphatic carbocycles. The van der Waals surface area contributed by atoms with Crippen molar-refractivity contribution >= 4 is 29.1 Å². The molecule has 122 valence electrons. The zero-order valence-electron chi connectivity index (χ0n) is 12.5. The van der Waals surface area contributed by atoms with E-state index >= 15 is 0 Å². The number of hydrogen-bond donors (Lipinski definition) is 2. The zero-order valence-corrected chi connectivity index (χ0v) is 14.0. The van der Waals surface area contributed by atoms with E-state index in [1.807, 2.05) is 0 Å². The number of benzene rings is 1. The van der Waals surface area contributed by atoms with E-state index in [-0.39, 0.29) is 11.9 Å². The summed E-state index contributed by atoms with van der Waals surface area (Å²) in [4.78, 5) is 11.9. The number of amides is 1. The summed E-state index contributed by atoms with van der Waals surface area (Å²) in [7, 11) is 0. The Labute approximate surface area is 141 Å². The van der Waals surface area contributed by atoms with Gasteiger partial charge >= 0.3 is 0 Å². The van der Waals surface area contributed by atoms with Gasteiger partial charge in [-0.25, -0.2) is 0 Å². The molecule has 0 aromatic heterocycles. The number of rotatable bonds is 7. The van der Waals surface area contributed by atoms with Crippen molar-refractivity contribution in [3.8, 4) is 5.75 Å². The summed E-state index contributed by atoms with van der Waals surface area (Å²) >= 11 is 11.9. The van der Waals surface area contributed by atoms with E-state index in [0.717, 1.165) is 19.3 Å². The van der Waals surface area contributed by atoms with Gasteiger partial charge in [-0.15, -0.1) is 0 Å². The summed E-state index contributed by atoms with van der Waals surface area (Å²) in [5.41, 5.74) is 5.72. The number of carbonyl (C=O) groups excluding carboxylic acids is 1. The number of hydrogen-bond acceptors (Lipinski definition) is 3. The average molecular weight is 345 g/mol. The van der Waals surface area contributed by atoms with Gasteiger partial charge in [0.2, 0.25) is 5.91 Å². The van der Waals surface area contributed by atoms with Crippen LogP contribution in [0.2, 0.25) is 10.0 Å². The summed E-state index contributed by atoms with van der Waals surface area (Å²) in [5, 5.41) is 3.95. The maximum atomic E-state index is 11.9. The second kappa shape index (κ2) is 8.61. The predicted molar refractivity (Wildman–Crippen MR) is 89.5 cm³/mol. The smallest absolute Gasteiger partial charge is 0.220 e. The largest absolute Gasteiger partial charge is 0.492 e. The van der Waals surface area contributed by atoms with Gasteiger partial charge in [-0.05, 0) is 43.9 Å². The zero-order chi connectivity index (χ0) is 15.9. The number of halogens is 2. The fourth-order valence-corrected chi connectivity index (χ4v) is 3.14. The van der Waals surface area contributed by atoms with Crippen molar-refractivity contribution in [3.05, 3.63) is 28.2 Å². The molecule has 3 N–H and O–H groups in total. The number of nitrogens with two attached hydrogens (primary N) is 1. The van der Waals surface area contributed by atoms with E-state index in [2.05, 4.69) is 5.32 Å². The van der Waals surface area contributed by atoms with Gasteiger partial charge in [0.05, 0.1) is 11.6 Å². The number of ether oxygens (including phenoxy) is 1. The van der Waals surface area contributed by atoms with Crippen LogP contribution in [-0.4, -0.2) is 25.1 Å². The summed E-state index contributed by atoms with van der Waals surface area (Å²) < 4.78 is 5.56. The molecule has 0 bridgehead atoms. The second-order valence-electron chi connectivity index (χ2n) is 5.60. The minimum atomic E-state index is 0.0612. The molecule has 1 aromatic rings. The van der Waals surface area contributed by atoms with E-state index in [0.29, 0.717) is 47.7 Å². The van der Waals surface area contributed by atoms with E-state index in [1.165, 1.54) is 0 Å². The molecule has 1 amide bonds. The molecule has 1 aromatic carbocycles. The lowest BCUT2D eigenvalue weighted by atomic mass is 10.0. The van der Waals surface area contributed by atoms with Crippen LogP contribution in [0.1, 0.15) is 32.1 Å². The van der Waals surface area contributed by atoms with Crippen molar-refractivity contribution in [3.63, 3.8) is 0 Å². The molecule has 4 nitrogen and oxygen atoms in total. The third-order valence-electron chi connectivity index (χ3n) is 4.03. The monoisotopic (exact) mass is 344 g/mol. The Morgan fingerprint density at radius 2 is 2.18 bits per heavy atom. The SMILES string of the molecule is NCC1CCCC1NC(=O)CCCOc1cccc(Cl)c1Cl. The van der Waals surface area contributed by atoms with E-state index in [1.54, 1.807) is 18.2 Å². The third-order valence-corrected chi connectivity index (χ3v) is 4.83. The molecule has 1 saturated carbocycles. The van der Waals surface area contributed by atoms with Gasteiger partial charge in [-0.2, -0.15) is 0 Å². The molecule has 0 saturated heterocycles. The molecule has 0 spiro atoms. The fraction of sp³-hybridized carbons (Fsp3) is 0.562. The Hall–Kier alpha value is -0.970. The second-order valence-corrected chi connectivity index (χ2v) is 6.39. The van der Waals surface area contributed by atoms with Crippen LogP contribution in [0.15, 0.2) is 18.2 Å². The minimum absolute atomic E-state index is 0.0612. The molecule has 1 aliphatic rings. The van der Waals surface area contributed by atoms with Crippen molar-refractivity contribution in [1.29, 1.82) is 0 Å². The van der Waals surface area contributed by atoms with Crippen molar-refractivity contribution in [1.82, 2.24) is 5.32 Å². The van der Waals surface area contributed by atoms with Crippen LogP contribution in [0.4, 0.5) is 0 Å². The van der Waals surface area contributed by atoms with Crippen LogP contribution in [0.5, 0.6) is 5.75 Å². The Balaban J connectivity index is 1.68. The van der Waals surface area contributed by atoms with Gasteiger partial charge in [-0.3, -0.25) is 4.79 Å². The van der Waals surface area contributed by atoms with Gasteiger partial charge in [-0.1, -0.05) is 35.7 Å². The fourth-order valence-electron chi connectivity index (χ4n) is 2.80. The first-order chi connectivity index (χ1) is 10.6. The van der Waals surface area contributed by atoms with Crippen molar-refractivity contribution in [2.24, 2.45) is 11.7 Å². The first-order valence-electron chi connectivity index (χ1n) is 7.68. The third kappa shape index (κ3) is 4.77. The molecular formula is C16H22Cl2N2O2. The van der Waals surface area contributed by atoms with Gasteiger partial charge in [0.25, 0.3) is 0 Å². The van der Waals surface area contributed by atoms with Gasteiger partial charge in [0, 0.05) is 12.5 Å². The Morgan fingerprint density at radius 3 is 2.95 bits per heavy atom. The normalized spacial score (nSPS) is 20.9. The lowest BCUT2D eigenvalue weighted by molar-refractivity contribution is -0.122. The van der Waals surface area contributed by atoms with E-state index < -0.39 is 0 Å². The molecule has 1 fully saturated rings. The lowest BCUT2D eigenvalue weighted by Crippen LogP contribution is -2.39. The molecular weight excluding hydrogens is 323 g/mol. The summed E-state index contributed by atoms with van der Waals surface area (Å²) in [6.07, 6.45) is 4.35. The van der Waals surface area contributed by atoms with Crippen LogP contribution in [0.25, 0.3) is 0 Å². The highest BCUT2D eigenvalue weighted by Crippen LogP contribution is 2.31. The predicted octanol–water partition coefficient (Wildman–Crippen LogP) is 3.40. The summed E-state index contributed by atoms with van der Waals surface area (Å²) in [6.45, 7) is 1.07. The molecule has 2 unspecified atom stereocenters. The maximum Gasteiger partial charge on any atom is 0.220 e. The number of carbonyl (C=O) groups is 1. The molecule has 0 aliphatic heterocycles. The van der Waals surface area contributed by atoms with Crippen LogP contribution in [0, 0.1) is 5.92 Å². The molecule has 2 atom stereocenters. The molecule has 2 rings (SSSR count). The maximum absolute atomic E-state index is 11.9. The summed E-state index contributed by atoms with van der Waals surface area (Å²) in [5.74, 6) is 1.03. The Morgan fingerprint density at radius 1 is 1.36 bits per heavy atom. The highest BCUT2D eigenvalue weighted by molar-refractivity contribution is 6.42. The topological polar surface area (TPSA) is 64.3 Å². The molecule has 0 heterocycles. The van der Waals surface area contributed by atoms with Crippen LogP contribution < -0.4 is 15.8 Å². The first-order valence-corrected chi connectivity index (χ1v) is 8.43. The van der Waals surface area contributed by atoms with Crippen LogP contribution >= 0.6 is 23.2 Å². The summed E-state index contributed by atoms with van der Waals surface area (Å²) in [6, 6.07) is 5.49. The number of nitrogens with one attached hydrogen (secondary N) is 1. The first kappa shape index (κ1) is 17.4. The van der Waals surface area contributed by atoms with E-state index in [9.17, 15) is 4.79 Å². The average Bonchev–Trinajstić information content (AvgIpc) is 2.94. The highest BCUT2D eigenvalue weighted by atomic mass is 35.5. The van der Waals surface area contributed by atoms with Crippen molar-refractivity contribution < 1.29 is 9.53 Å². The van der Waals surface area contributed by atoms with Gasteiger partial charge < -0.3 is 15.8 Å². The van der Waals surface area contributed by atoms with Gasteiger partial charge in [0.15, 0.2) is 0 Å². The highest BCUT2D eigenvalue weighted by Gasteiger charge is 2.26. The lowest BCUT2D eigenvalue weighted by Gasteiger charge is -2.19. The van der Waals surface area contributed by atoms with Crippen molar-refractivity contribution in [2.75, 3.05) is 13.2 Å². The van der Waals surface area contributed by atoms with Gasteiger partial charge in [0.1, 0.15) is 10.8 Å². The Bertz CT molecular complexity index is 511.